The van der Waals surface area contributed by atoms with E-state index < -0.39 is 9.05 Å². The Labute approximate surface area is 96.8 Å². The summed E-state index contributed by atoms with van der Waals surface area (Å²) < 4.78 is 23.2. The fourth-order valence-corrected chi connectivity index (χ4v) is 2.93. The molecule has 2 nitrogen and oxygen atoms in total. The van der Waals surface area contributed by atoms with E-state index >= 15 is 0 Å². The molecule has 0 aliphatic carbocycles. The van der Waals surface area contributed by atoms with Gasteiger partial charge in [0, 0.05) is 15.2 Å². The minimum Gasteiger partial charge on any atom is -0.207 e. The third-order valence-corrected chi connectivity index (χ3v) is 3.71. The second-order valence-corrected chi connectivity index (χ2v) is 6.39. The van der Waals surface area contributed by atoms with Crippen molar-refractivity contribution < 1.29 is 8.42 Å². The van der Waals surface area contributed by atoms with Gasteiger partial charge in [0.05, 0.1) is 4.90 Å². The van der Waals surface area contributed by atoms with Gasteiger partial charge in [0.2, 0.25) is 0 Å². The van der Waals surface area contributed by atoms with E-state index in [1.165, 1.54) is 6.07 Å². The predicted molar refractivity (Wildman–Crippen MR) is 61.2 cm³/mol. The summed E-state index contributed by atoms with van der Waals surface area (Å²) in [6.45, 7) is 1.99. The van der Waals surface area contributed by atoms with Crippen LogP contribution in [0.3, 0.4) is 0 Å². The zero-order chi connectivity index (χ0) is 10.8. The van der Waals surface area contributed by atoms with Crippen LogP contribution < -0.4 is 0 Å². The largest absolute Gasteiger partial charge is 0.261 e. The maximum atomic E-state index is 11.2. The van der Waals surface area contributed by atoms with Crippen molar-refractivity contribution in [1.29, 1.82) is 0 Å². The Balaban J connectivity index is 3.30. The maximum Gasteiger partial charge on any atom is 0.261 e. The molecule has 0 saturated heterocycles. The van der Waals surface area contributed by atoms with Crippen molar-refractivity contribution in [3.05, 3.63) is 28.2 Å². The monoisotopic (exact) mass is 296 g/mol. The lowest BCUT2D eigenvalue weighted by molar-refractivity contribution is 0.608. The molecular formula is C9H10BrClO2S. The fraction of sp³-hybridized carbons (Fsp3) is 0.333. The third-order valence-electron chi connectivity index (χ3n) is 1.81. The molecule has 0 aliphatic heterocycles. The van der Waals surface area contributed by atoms with Gasteiger partial charge >= 0.3 is 0 Å². The van der Waals surface area contributed by atoms with Gasteiger partial charge in [0.25, 0.3) is 9.05 Å². The molecule has 0 saturated carbocycles. The van der Waals surface area contributed by atoms with E-state index in [1.807, 2.05) is 13.0 Å². The minimum absolute atomic E-state index is 0.204. The van der Waals surface area contributed by atoms with Crippen LogP contribution in [0, 0.1) is 0 Å². The number of benzene rings is 1. The van der Waals surface area contributed by atoms with E-state index in [1.54, 1.807) is 6.07 Å². The zero-order valence-corrected chi connectivity index (χ0v) is 10.8. The van der Waals surface area contributed by atoms with E-state index in [2.05, 4.69) is 15.9 Å². The molecule has 14 heavy (non-hydrogen) atoms. The fourth-order valence-electron chi connectivity index (χ4n) is 1.23. The first kappa shape index (κ1) is 12.0. The molecule has 0 fully saturated rings. The van der Waals surface area contributed by atoms with Crippen molar-refractivity contribution in [3.63, 3.8) is 0 Å². The Morgan fingerprint density at radius 1 is 1.43 bits per heavy atom. The van der Waals surface area contributed by atoms with E-state index in [9.17, 15) is 8.42 Å². The molecule has 0 N–H and O–H groups in total. The third kappa shape index (κ3) is 2.97. The van der Waals surface area contributed by atoms with Crippen molar-refractivity contribution in [2.75, 3.05) is 0 Å². The van der Waals surface area contributed by atoms with Crippen molar-refractivity contribution in [2.45, 2.75) is 24.7 Å². The molecule has 0 heterocycles. The van der Waals surface area contributed by atoms with Crippen LogP contribution in [0.4, 0.5) is 0 Å². The quantitative estimate of drug-likeness (QED) is 0.802. The van der Waals surface area contributed by atoms with Gasteiger partial charge in [-0.2, -0.15) is 0 Å². The Hall–Kier alpha value is -0.0600. The van der Waals surface area contributed by atoms with Crippen LogP contribution in [0.25, 0.3) is 0 Å². The molecule has 1 aromatic carbocycles. The minimum atomic E-state index is -3.64. The number of aryl methyl sites for hydroxylation is 1. The van der Waals surface area contributed by atoms with Gasteiger partial charge in [0.1, 0.15) is 0 Å². The molecule has 5 heteroatoms. The van der Waals surface area contributed by atoms with E-state index in [4.69, 9.17) is 10.7 Å². The first-order chi connectivity index (χ1) is 6.45. The van der Waals surface area contributed by atoms with Gasteiger partial charge in [0.15, 0.2) is 0 Å². The highest BCUT2D eigenvalue weighted by atomic mass is 79.9. The molecule has 0 unspecified atom stereocenters. The average molecular weight is 298 g/mol. The molecule has 78 valence electrons. The van der Waals surface area contributed by atoms with Gasteiger partial charge < -0.3 is 0 Å². The van der Waals surface area contributed by atoms with Crippen LogP contribution in [-0.2, 0) is 15.5 Å². The molecular weight excluding hydrogens is 288 g/mol. The Kier molecular flexibility index (Phi) is 3.98. The second kappa shape index (κ2) is 4.64. The van der Waals surface area contributed by atoms with Crippen LogP contribution in [-0.4, -0.2) is 8.42 Å². The molecule has 0 bridgehead atoms. The summed E-state index contributed by atoms with van der Waals surface area (Å²) in [5.41, 5.74) is 0.769. The Morgan fingerprint density at radius 3 is 2.57 bits per heavy atom. The molecule has 0 spiro atoms. The van der Waals surface area contributed by atoms with Crippen molar-refractivity contribution in [1.82, 2.24) is 0 Å². The summed E-state index contributed by atoms with van der Waals surface area (Å²) >= 11 is 3.22. The normalized spacial score (nSPS) is 11.6. The SMILES string of the molecule is CCCc1ccc(Br)cc1S(=O)(=O)Cl. The number of hydrogen-bond donors (Lipinski definition) is 0. The highest BCUT2D eigenvalue weighted by Crippen LogP contribution is 2.25. The predicted octanol–water partition coefficient (Wildman–Crippen LogP) is 3.33. The smallest absolute Gasteiger partial charge is 0.207 e. The van der Waals surface area contributed by atoms with E-state index in [0.717, 1.165) is 16.5 Å². The summed E-state index contributed by atoms with van der Waals surface area (Å²) in [6.07, 6.45) is 1.61. The van der Waals surface area contributed by atoms with Crippen molar-refractivity contribution in [2.24, 2.45) is 0 Å². The van der Waals surface area contributed by atoms with Crippen LogP contribution in [0.15, 0.2) is 27.6 Å². The Morgan fingerprint density at radius 2 is 2.07 bits per heavy atom. The van der Waals surface area contributed by atoms with Gasteiger partial charge in [-0.05, 0) is 24.1 Å². The molecule has 0 aliphatic rings. The van der Waals surface area contributed by atoms with Gasteiger partial charge in [-0.3, -0.25) is 0 Å². The summed E-state index contributed by atoms with van der Waals surface area (Å²) in [5.74, 6) is 0. The highest BCUT2D eigenvalue weighted by Gasteiger charge is 2.15. The second-order valence-electron chi connectivity index (χ2n) is 2.94. The van der Waals surface area contributed by atoms with Crippen molar-refractivity contribution in [3.8, 4) is 0 Å². The topological polar surface area (TPSA) is 34.1 Å². The van der Waals surface area contributed by atoms with Crippen LogP contribution in [0.2, 0.25) is 0 Å². The summed E-state index contributed by atoms with van der Waals surface area (Å²) in [4.78, 5) is 0.204. The van der Waals surface area contributed by atoms with Gasteiger partial charge in [-0.15, -0.1) is 0 Å². The number of halogens is 2. The van der Waals surface area contributed by atoms with Gasteiger partial charge in [-0.25, -0.2) is 8.42 Å². The molecule has 0 aromatic heterocycles. The summed E-state index contributed by atoms with van der Waals surface area (Å²) in [6, 6.07) is 5.13. The van der Waals surface area contributed by atoms with Crippen molar-refractivity contribution >= 4 is 35.7 Å². The lowest BCUT2D eigenvalue weighted by atomic mass is 10.1. The lowest BCUT2D eigenvalue weighted by Crippen LogP contribution is -1.97. The molecule has 1 rings (SSSR count). The molecule has 0 atom stereocenters. The van der Waals surface area contributed by atoms with Crippen LogP contribution in [0.1, 0.15) is 18.9 Å². The van der Waals surface area contributed by atoms with E-state index in [0.29, 0.717) is 6.42 Å². The molecule has 1 aromatic rings. The molecule has 0 radical (unpaired) electrons. The first-order valence-corrected chi connectivity index (χ1v) is 7.28. The van der Waals surface area contributed by atoms with E-state index in [-0.39, 0.29) is 4.90 Å². The molecule has 0 amide bonds. The van der Waals surface area contributed by atoms with Crippen LogP contribution in [0.5, 0.6) is 0 Å². The first-order valence-electron chi connectivity index (χ1n) is 4.18. The van der Waals surface area contributed by atoms with Gasteiger partial charge in [-0.1, -0.05) is 35.3 Å². The number of rotatable bonds is 3. The number of hydrogen-bond acceptors (Lipinski definition) is 2. The zero-order valence-electron chi connectivity index (χ0n) is 7.63. The highest BCUT2D eigenvalue weighted by molar-refractivity contribution is 9.10. The standard InChI is InChI=1S/C9H10BrClO2S/c1-2-3-7-4-5-8(10)6-9(7)14(11,12)13/h4-6H,2-3H2,1H3. The van der Waals surface area contributed by atoms with Crippen LogP contribution >= 0.6 is 26.6 Å². The summed E-state index contributed by atoms with van der Waals surface area (Å²) in [7, 11) is 1.69. The maximum absolute atomic E-state index is 11.2. The average Bonchev–Trinajstić information content (AvgIpc) is 2.07. The lowest BCUT2D eigenvalue weighted by Gasteiger charge is -2.05. The Bertz CT molecular complexity index is 428. The summed E-state index contributed by atoms with van der Waals surface area (Å²) in [5, 5.41) is 0.